The van der Waals surface area contributed by atoms with Gasteiger partial charge in [-0.05, 0) is 122 Å². The molecule has 5 rings (SSSR count). The van der Waals surface area contributed by atoms with Crippen LogP contribution in [-0.4, -0.2) is 12.7 Å². The molecule has 1 aliphatic heterocycles. The minimum Gasteiger partial charge on any atom is -0.378 e. The smallest absolute Gasteiger partial charge is 0.0606 e. The summed E-state index contributed by atoms with van der Waals surface area (Å²) in [6.07, 6.45) is 15.5. The van der Waals surface area contributed by atoms with Gasteiger partial charge in [0.2, 0.25) is 0 Å². The van der Waals surface area contributed by atoms with Crippen molar-refractivity contribution in [1.29, 1.82) is 0 Å². The van der Waals surface area contributed by atoms with Crippen molar-refractivity contribution in [2.75, 3.05) is 6.61 Å². The Balaban J connectivity index is 1.31. The Morgan fingerprint density at radius 2 is 1.33 bits per heavy atom. The summed E-state index contributed by atoms with van der Waals surface area (Å²) in [6.45, 7) is 13.8. The van der Waals surface area contributed by atoms with E-state index in [1.165, 1.54) is 38.5 Å². The number of hydrogen-bond donors (Lipinski definition) is 0. The molecule has 0 aromatic carbocycles. The second-order valence-corrected chi connectivity index (χ2v) is 13.0. The lowest BCUT2D eigenvalue weighted by Gasteiger charge is -2.58. The first-order valence-corrected chi connectivity index (χ1v) is 14.1. The summed E-state index contributed by atoms with van der Waals surface area (Å²) in [4.78, 5) is 0. The minimum atomic E-state index is 0.540. The van der Waals surface area contributed by atoms with Gasteiger partial charge in [-0.15, -0.1) is 0 Å². The Labute approximate surface area is 187 Å². The van der Waals surface area contributed by atoms with Gasteiger partial charge in [-0.1, -0.05) is 47.5 Å². The molecule has 0 bridgehead atoms. The molecule has 4 aliphatic carbocycles. The third-order valence-electron chi connectivity index (χ3n) is 11.9. The van der Waals surface area contributed by atoms with Crippen molar-refractivity contribution in [3.63, 3.8) is 0 Å². The maximum absolute atomic E-state index is 6.43. The van der Waals surface area contributed by atoms with Gasteiger partial charge in [0.1, 0.15) is 0 Å². The second kappa shape index (κ2) is 8.72. The van der Waals surface area contributed by atoms with E-state index >= 15 is 0 Å². The molecule has 172 valence electrons. The lowest BCUT2D eigenvalue weighted by molar-refractivity contribution is -0.0998. The third-order valence-corrected chi connectivity index (χ3v) is 11.9. The first-order chi connectivity index (χ1) is 14.5. The molecule has 1 heterocycles. The predicted molar refractivity (Wildman–Crippen MR) is 126 cm³/mol. The number of rotatable bonds is 3. The molecular formula is C29H50O. The quantitative estimate of drug-likeness (QED) is 0.457. The van der Waals surface area contributed by atoms with Gasteiger partial charge in [-0.3, -0.25) is 0 Å². The number of ether oxygens (including phenoxy) is 1. The first-order valence-electron chi connectivity index (χ1n) is 14.1. The summed E-state index contributed by atoms with van der Waals surface area (Å²) in [5.41, 5.74) is 0. The van der Waals surface area contributed by atoms with E-state index in [1.54, 1.807) is 25.7 Å². The highest BCUT2D eigenvalue weighted by molar-refractivity contribution is 5.05. The van der Waals surface area contributed by atoms with Gasteiger partial charge >= 0.3 is 0 Å². The van der Waals surface area contributed by atoms with Gasteiger partial charge in [0.15, 0.2) is 0 Å². The third kappa shape index (κ3) is 3.62. The molecule has 1 heteroatoms. The average molecular weight is 415 g/mol. The normalized spacial score (nSPS) is 52.4. The van der Waals surface area contributed by atoms with E-state index in [-0.39, 0.29) is 0 Å². The average Bonchev–Trinajstić information content (AvgIpc) is 3.20. The van der Waals surface area contributed by atoms with Gasteiger partial charge in [0, 0.05) is 6.61 Å². The van der Waals surface area contributed by atoms with Gasteiger partial charge in [-0.25, -0.2) is 0 Å². The molecule has 0 aromatic heterocycles. The molecule has 0 radical (unpaired) electrons. The van der Waals surface area contributed by atoms with Gasteiger partial charge < -0.3 is 4.74 Å². The SMILES string of the molecule is CC(C)C1CCOC(C(C)C2CCC3C2CCC2C4CCCCC4C(C)C(C)C32)C1. The van der Waals surface area contributed by atoms with Crippen LogP contribution in [0.5, 0.6) is 0 Å². The molecule has 0 N–H and O–H groups in total. The van der Waals surface area contributed by atoms with Crippen LogP contribution in [0.15, 0.2) is 0 Å². The van der Waals surface area contributed by atoms with E-state index < -0.39 is 0 Å². The van der Waals surface area contributed by atoms with Crippen molar-refractivity contribution >= 4 is 0 Å². The molecule has 4 saturated carbocycles. The van der Waals surface area contributed by atoms with E-state index in [1.807, 2.05) is 0 Å². The van der Waals surface area contributed by atoms with Crippen LogP contribution in [0.3, 0.4) is 0 Å². The molecule has 5 aliphatic rings. The molecule has 1 saturated heterocycles. The highest BCUT2D eigenvalue weighted by atomic mass is 16.5. The highest BCUT2D eigenvalue weighted by Crippen LogP contribution is 2.63. The van der Waals surface area contributed by atoms with E-state index in [9.17, 15) is 0 Å². The lowest BCUT2D eigenvalue weighted by atomic mass is 9.47. The summed E-state index contributed by atoms with van der Waals surface area (Å²) >= 11 is 0. The molecule has 0 spiro atoms. The van der Waals surface area contributed by atoms with E-state index in [2.05, 4.69) is 34.6 Å². The summed E-state index contributed by atoms with van der Waals surface area (Å²) in [7, 11) is 0. The van der Waals surface area contributed by atoms with Gasteiger partial charge in [-0.2, -0.15) is 0 Å². The Hall–Kier alpha value is -0.0400. The molecule has 0 amide bonds. The molecule has 1 nitrogen and oxygen atoms in total. The van der Waals surface area contributed by atoms with Crippen LogP contribution in [0.4, 0.5) is 0 Å². The van der Waals surface area contributed by atoms with Crippen molar-refractivity contribution in [2.24, 2.45) is 71.0 Å². The molecule has 12 unspecified atom stereocenters. The monoisotopic (exact) mass is 414 g/mol. The van der Waals surface area contributed by atoms with Crippen LogP contribution in [0.1, 0.15) is 98.8 Å². The summed E-state index contributed by atoms with van der Waals surface area (Å²) in [5.74, 6) is 11.7. The first kappa shape index (κ1) is 21.8. The van der Waals surface area contributed by atoms with Crippen LogP contribution in [-0.2, 0) is 4.74 Å². The van der Waals surface area contributed by atoms with Gasteiger partial charge in [0.25, 0.3) is 0 Å². The van der Waals surface area contributed by atoms with Crippen molar-refractivity contribution in [1.82, 2.24) is 0 Å². The molecular weight excluding hydrogens is 364 g/mol. The van der Waals surface area contributed by atoms with Crippen molar-refractivity contribution in [3.8, 4) is 0 Å². The molecule has 0 aromatic rings. The highest BCUT2D eigenvalue weighted by Gasteiger charge is 2.56. The zero-order valence-electron chi connectivity index (χ0n) is 20.7. The van der Waals surface area contributed by atoms with Crippen LogP contribution in [0.2, 0.25) is 0 Å². The topological polar surface area (TPSA) is 9.23 Å². The fraction of sp³-hybridized carbons (Fsp3) is 1.00. The van der Waals surface area contributed by atoms with E-state index in [0.717, 1.165) is 77.6 Å². The Bertz CT molecular complexity index is 583. The Morgan fingerprint density at radius 3 is 2.10 bits per heavy atom. The van der Waals surface area contributed by atoms with Crippen molar-refractivity contribution in [2.45, 2.75) is 105 Å². The minimum absolute atomic E-state index is 0.540. The molecule has 30 heavy (non-hydrogen) atoms. The number of fused-ring (bicyclic) bond motifs is 5. The lowest BCUT2D eigenvalue weighted by Crippen LogP contribution is -2.51. The van der Waals surface area contributed by atoms with Crippen LogP contribution >= 0.6 is 0 Å². The Kier molecular flexibility index (Phi) is 6.33. The maximum Gasteiger partial charge on any atom is 0.0606 e. The Morgan fingerprint density at radius 1 is 0.667 bits per heavy atom. The standard InChI is InChI=1S/C29H50O/c1-17(2)21-14-15-30-28(16-21)20(5)23-10-12-27-25(23)11-13-26-24-9-7-6-8-22(24)18(3)19(4)29(26)27/h17-29H,6-16H2,1-5H3. The van der Waals surface area contributed by atoms with Crippen molar-refractivity contribution in [3.05, 3.63) is 0 Å². The number of hydrogen-bond acceptors (Lipinski definition) is 1. The van der Waals surface area contributed by atoms with Crippen LogP contribution in [0, 0.1) is 71.0 Å². The van der Waals surface area contributed by atoms with E-state index in [4.69, 9.17) is 4.74 Å². The summed E-state index contributed by atoms with van der Waals surface area (Å²) < 4.78 is 6.43. The van der Waals surface area contributed by atoms with Crippen LogP contribution in [0.25, 0.3) is 0 Å². The van der Waals surface area contributed by atoms with E-state index in [0.29, 0.717) is 6.10 Å². The fourth-order valence-corrected chi connectivity index (χ4v) is 10.1. The molecule has 12 atom stereocenters. The zero-order valence-corrected chi connectivity index (χ0v) is 20.7. The van der Waals surface area contributed by atoms with Crippen LogP contribution < -0.4 is 0 Å². The predicted octanol–water partition coefficient (Wildman–Crippen LogP) is 7.83. The molecule has 5 fully saturated rings. The summed E-state index contributed by atoms with van der Waals surface area (Å²) in [5, 5.41) is 0. The fourth-order valence-electron chi connectivity index (χ4n) is 10.1. The second-order valence-electron chi connectivity index (χ2n) is 13.0. The summed E-state index contributed by atoms with van der Waals surface area (Å²) in [6, 6.07) is 0. The van der Waals surface area contributed by atoms with Gasteiger partial charge in [0.05, 0.1) is 6.10 Å². The largest absolute Gasteiger partial charge is 0.378 e. The maximum atomic E-state index is 6.43. The zero-order chi connectivity index (χ0) is 21.0. The van der Waals surface area contributed by atoms with Crippen molar-refractivity contribution < 1.29 is 4.74 Å².